The van der Waals surface area contributed by atoms with Gasteiger partial charge in [-0.15, -0.1) is 0 Å². The molecule has 8 heteroatoms. The molecule has 1 fully saturated rings. The summed E-state index contributed by atoms with van der Waals surface area (Å²) in [5, 5.41) is 0.747. The summed E-state index contributed by atoms with van der Waals surface area (Å²) in [6, 6.07) is 14.9. The van der Waals surface area contributed by atoms with Gasteiger partial charge in [-0.1, -0.05) is 18.2 Å². The van der Waals surface area contributed by atoms with Gasteiger partial charge in [-0.25, -0.2) is 13.4 Å². The molecule has 1 amide bonds. The van der Waals surface area contributed by atoms with Crippen molar-refractivity contribution >= 4 is 26.6 Å². The fourth-order valence-corrected chi connectivity index (χ4v) is 4.99. The number of benzene rings is 2. The maximum Gasteiger partial charge on any atom is 0.254 e. The highest BCUT2D eigenvalue weighted by Gasteiger charge is 2.27. The second-order valence-electron chi connectivity index (χ2n) is 7.37. The molecule has 0 saturated carbocycles. The van der Waals surface area contributed by atoms with E-state index in [0.717, 1.165) is 10.9 Å². The van der Waals surface area contributed by atoms with Crippen LogP contribution in [0.25, 0.3) is 22.2 Å². The number of carbonyl (C=O) groups is 1. The van der Waals surface area contributed by atoms with Crippen molar-refractivity contribution in [2.45, 2.75) is 0 Å². The third kappa shape index (κ3) is 3.47. The summed E-state index contributed by atoms with van der Waals surface area (Å²) < 4.78 is 34.8. The van der Waals surface area contributed by atoms with Crippen LogP contribution in [0.1, 0.15) is 10.4 Å². The maximum absolute atomic E-state index is 13.3. The number of hydrogen-bond acceptors (Lipinski definition) is 6. The van der Waals surface area contributed by atoms with Gasteiger partial charge in [0.25, 0.3) is 5.91 Å². The van der Waals surface area contributed by atoms with Crippen LogP contribution >= 0.6 is 0 Å². The molecule has 3 aromatic rings. The van der Waals surface area contributed by atoms with Gasteiger partial charge in [0.05, 0.1) is 28.3 Å². The molecule has 2 aromatic carbocycles. The third-order valence-corrected chi connectivity index (χ3v) is 7.03. The topological polar surface area (TPSA) is 85.8 Å². The maximum atomic E-state index is 13.3. The zero-order chi connectivity index (χ0) is 20.7. The molecular weight excluding hydrogens is 404 g/mol. The lowest BCUT2D eigenvalue weighted by Crippen LogP contribution is -2.43. The molecule has 1 saturated heterocycles. The van der Waals surface area contributed by atoms with Crippen molar-refractivity contribution in [1.29, 1.82) is 0 Å². The lowest BCUT2D eigenvalue weighted by molar-refractivity contribution is 0.0772. The van der Waals surface area contributed by atoms with E-state index in [1.54, 1.807) is 11.0 Å². The molecule has 30 heavy (non-hydrogen) atoms. The number of para-hydroxylation sites is 1. The smallest absolute Gasteiger partial charge is 0.254 e. The molecule has 0 unspecified atom stereocenters. The van der Waals surface area contributed by atoms with Crippen LogP contribution in [0.15, 0.2) is 48.5 Å². The first-order valence-electron chi connectivity index (χ1n) is 9.80. The number of fused-ring (bicyclic) bond motifs is 2. The number of hydrogen-bond donors (Lipinski definition) is 0. The number of rotatable bonds is 2. The first-order valence-corrected chi connectivity index (χ1v) is 11.6. The molecule has 0 aliphatic carbocycles. The summed E-state index contributed by atoms with van der Waals surface area (Å²) in [6.45, 7) is 1.42. The van der Waals surface area contributed by atoms with Gasteiger partial charge < -0.3 is 14.4 Å². The van der Waals surface area contributed by atoms with Gasteiger partial charge in [0.2, 0.25) is 0 Å². The summed E-state index contributed by atoms with van der Waals surface area (Å²) in [5.74, 6) is 1.16. The van der Waals surface area contributed by atoms with Gasteiger partial charge in [0.1, 0.15) is 13.2 Å². The fraction of sp³-hybridized carbons (Fsp3) is 0.273. The standard InChI is InChI=1S/C22H20N2O5S/c25-22(24-7-11-30(26,27)12-8-24)17-14-19(23-18-4-2-1-3-16(17)18)15-5-6-20-21(13-15)29-10-9-28-20/h1-6,13-14H,7-12H2. The van der Waals surface area contributed by atoms with Gasteiger partial charge in [-0.3, -0.25) is 4.79 Å². The molecule has 7 nitrogen and oxygen atoms in total. The molecule has 3 heterocycles. The van der Waals surface area contributed by atoms with Crippen molar-refractivity contribution < 1.29 is 22.7 Å². The number of ether oxygens (including phenoxy) is 2. The van der Waals surface area contributed by atoms with Crippen LogP contribution in [0.5, 0.6) is 11.5 Å². The molecule has 0 radical (unpaired) electrons. The lowest BCUT2D eigenvalue weighted by Gasteiger charge is -2.27. The molecule has 2 aliphatic rings. The minimum absolute atomic E-state index is 0.00320. The molecular formula is C22H20N2O5S. The highest BCUT2D eigenvalue weighted by atomic mass is 32.2. The Bertz CT molecular complexity index is 1240. The summed E-state index contributed by atoms with van der Waals surface area (Å²) in [6.07, 6.45) is 0. The van der Waals surface area contributed by atoms with E-state index in [0.29, 0.717) is 41.5 Å². The number of sulfone groups is 1. The third-order valence-electron chi connectivity index (χ3n) is 5.42. The summed E-state index contributed by atoms with van der Waals surface area (Å²) >= 11 is 0. The van der Waals surface area contributed by atoms with E-state index >= 15 is 0 Å². The lowest BCUT2D eigenvalue weighted by atomic mass is 10.0. The predicted octanol–water partition coefficient (Wildman–Crippen LogP) is 2.54. The van der Waals surface area contributed by atoms with Crippen LogP contribution in [-0.4, -0.2) is 62.0 Å². The average molecular weight is 424 g/mol. The Morgan fingerprint density at radius 3 is 2.47 bits per heavy atom. The Balaban J connectivity index is 1.58. The van der Waals surface area contributed by atoms with E-state index in [1.165, 1.54) is 0 Å². The Hall–Kier alpha value is -3.13. The van der Waals surface area contributed by atoms with Gasteiger partial charge in [-0.05, 0) is 30.3 Å². The number of nitrogens with zero attached hydrogens (tertiary/aromatic N) is 2. The molecule has 0 bridgehead atoms. The van der Waals surface area contributed by atoms with Crippen molar-refractivity contribution in [1.82, 2.24) is 9.88 Å². The number of pyridine rings is 1. The summed E-state index contributed by atoms with van der Waals surface area (Å²) in [4.78, 5) is 19.6. The Labute approximate surface area is 174 Å². The molecule has 154 valence electrons. The fourth-order valence-electron chi connectivity index (χ4n) is 3.79. The average Bonchev–Trinajstić information content (AvgIpc) is 2.77. The van der Waals surface area contributed by atoms with Crippen molar-refractivity contribution in [2.75, 3.05) is 37.8 Å². The van der Waals surface area contributed by atoms with E-state index in [2.05, 4.69) is 0 Å². The quantitative estimate of drug-likeness (QED) is 0.629. The highest BCUT2D eigenvalue weighted by molar-refractivity contribution is 7.91. The van der Waals surface area contributed by atoms with Crippen molar-refractivity contribution in [3.05, 3.63) is 54.1 Å². The van der Waals surface area contributed by atoms with E-state index < -0.39 is 9.84 Å². The number of amides is 1. The molecule has 1 aromatic heterocycles. The van der Waals surface area contributed by atoms with E-state index in [1.807, 2.05) is 42.5 Å². The summed E-state index contributed by atoms with van der Waals surface area (Å²) in [7, 11) is -3.07. The summed E-state index contributed by atoms with van der Waals surface area (Å²) in [5.41, 5.74) is 2.70. The first-order chi connectivity index (χ1) is 14.5. The Morgan fingerprint density at radius 2 is 1.67 bits per heavy atom. The minimum Gasteiger partial charge on any atom is -0.486 e. The van der Waals surface area contributed by atoms with Crippen LogP contribution in [0, 0.1) is 0 Å². The van der Waals surface area contributed by atoms with Crippen LogP contribution in [0.2, 0.25) is 0 Å². The first kappa shape index (κ1) is 18.9. The molecule has 5 rings (SSSR count). The minimum atomic E-state index is -3.07. The molecule has 0 atom stereocenters. The molecule has 0 spiro atoms. The van der Waals surface area contributed by atoms with Gasteiger partial charge in [-0.2, -0.15) is 0 Å². The zero-order valence-electron chi connectivity index (χ0n) is 16.2. The van der Waals surface area contributed by atoms with Crippen molar-refractivity contribution in [2.24, 2.45) is 0 Å². The normalized spacial score (nSPS) is 17.7. The van der Waals surface area contributed by atoms with Gasteiger partial charge in [0, 0.05) is 24.0 Å². The predicted molar refractivity (Wildman–Crippen MR) is 113 cm³/mol. The second-order valence-corrected chi connectivity index (χ2v) is 9.68. The SMILES string of the molecule is O=C(c1cc(-c2ccc3c(c2)OCCO3)nc2ccccc12)N1CCS(=O)(=O)CC1. The Kier molecular flexibility index (Phi) is 4.58. The molecule has 0 N–H and O–H groups in total. The van der Waals surface area contributed by atoms with Crippen molar-refractivity contribution in [3.63, 3.8) is 0 Å². The number of carbonyl (C=O) groups excluding carboxylic acids is 1. The monoisotopic (exact) mass is 424 g/mol. The van der Waals surface area contributed by atoms with E-state index in [-0.39, 0.29) is 30.5 Å². The van der Waals surface area contributed by atoms with Crippen LogP contribution in [-0.2, 0) is 9.84 Å². The van der Waals surface area contributed by atoms with E-state index in [4.69, 9.17) is 14.5 Å². The molecule has 2 aliphatic heterocycles. The number of aromatic nitrogens is 1. The van der Waals surface area contributed by atoms with Crippen LogP contribution in [0.3, 0.4) is 0 Å². The van der Waals surface area contributed by atoms with Gasteiger partial charge in [0.15, 0.2) is 21.3 Å². The van der Waals surface area contributed by atoms with Crippen LogP contribution < -0.4 is 9.47 Å². The zero-order valence-corrected chi connectivity index (χ0v) is 17.0. The Morgan fingerprint density at radius 1 is 0.933 bits per heavy atom. The van der Waals surface area contributed by atoms with Gasteiger partial charge >= 0.3 is 0 Å². The highest BCUT2D eigenvalue weighted by Crippen LogP contribution is 2.35. The van der Waals surface area contributed by atoms with Crippen molar-refractivity contribution in [3.8, 4) is 22.8 Å². The van der Waals surface area contributed by atoms with E-state index in [9.17, 15) is 13.2 Å². The second kappa shape index (κ2) is 7.28. The van der Waals surface area contributed by atoms with Crippen LogP contribution in [0.4, 0.5) is 0 Å². The largest absolute Gasteiger partial charge is 0.486 e.